The minimum absolute atomic E-state index is 0.0787. The lowest BCUT2D eigenvalue weighted by Gasteiger charge is -2.00. The number of rotatable bonds is 0. The Morgan fingerprint density at radius 3 is 2.83 bits per heavy atom. The van der Waals surface area contributed by atoms with Crippen LogP contribution in [0.5, 0.6) is 5.75 Å². The average Bonchev–Trinajstić information content (AvgIpc) is 2.31. The molecule has 0 unspecified atom stereocenters. The van der Waals surface area contributed by atoms with Gasteiger partial charge in [-0.2, -0.15) is 0 Å². The second kappa shape index (κ2) is 2.49. The second-order valence-electron chi connectivity index (χ2n) is 2.88. The highest BCUT2D eigenvalue weighted by atomic mass is 35.5. The zero-order chi connectivity index (χ0) is 8.72. The highest BCUT2D eigenvalue weighted by Gasteiger charge is 2.22. The summed E-state index contributed by atoms with van der Waals surface area (Å²) in [5, 5.41) is 9.54. The number of aromatic hydroxyl groups is 1. The Kier molecular flexibility index (Phi) is 1.58. The van der Waals surface area contributed by atoms with Crippen LogP contribution in [0, 0.1) is 0 Å². The van der Waals surface area contributed by atoms with Crippen molar-refractivity contribution < 1.29 is 9.90 Å². The maximum atomic E-state index is 11.2. The summed E-state index contributed by atoms with van der Waals surface area (Å²) in [6, 6.07) is 3.01. The summed E-state index contributed by atoms with van der Waals surface area (Å²) in [5.74, 6) is 0.212. The van der Waals surface area contributed by atoms with Gasteiger partial charge in [0.2, 0.25) is 0 Å². The molecule has 1 aromatic rings. The Bertz CT molecular complexity index is 358. The van der Waals surface area contributed by atoms with Crippen molar-refractivity contribution in [2.24, 2.45) is 0 Å². The summed E-state index contributed by atoms with van der Waals surface area (Å²) < 4.78 is 0. The van der Waals surface area contributed by atoms with E-state index in [-0.39, 0.29) is 11.5 Å². The van der Waals surface area contributed by atoms with Crippen molar-refractivity contribution in [1.82, 2.24) is 0 Å². The van der Waals surface area contributed by atoms with Crippen LogP contribution >= 0.6 is 11.6 Å². The predicted molar refractivity (Wildman–Crippen MR) is 45.8 cm³/mol. The zero-order valence-corrected chi connectivity index (χ0v) is 7.06. The van der Waals surface area contributed by atoms with Gasteiger partial charge in [0.15, 0.2) is 5.78 Å². The van der Waals surface area contributed by atoms with E-state index in [1.165, 1.54) is 6.07 Å². The van der Waals surface area contributed by atoms with Crippen LogP contribution < -0.4 is 0 Å². The third-order valence-electron chi connectivity index (χ3n) is 2.06. The van der Waals surface area contributed by atoms with Gasteiger partial charge < -0.3 is 5.11 Å². The van der Waals surface area contributed by atoms with Crippen LogP contribution in [0.2, 0.25) is 5.02 Å². The Balaban J connectivity index is 2.68. The highest BCUT2D eigenvalue weighted by Crippen LogP contribution is 2.32. The smallest absolute Gasteiger partial charge is 0.164 e. The van der Waals surface area contributed by atoms with Gasteiger partial charge in [-0.1, -0.05) is 11.6 Å². The third kappa shape index (κ3) is 0.994. The first-order valence-corrected chi connectivity index (χ1v) is 4.11. The van der Waals surface area contributed by atoms with Crippen molar-refractivity contribution in [3.8, 4) is 5.75 Å². The Labute approximate surface area is 74.8 Å². The molecule has 0 heterocycles. The topological polar surface area (TPSA) is 37.3 Å². The molecule has 1 N–H and O–H groups in total. The molecule has 12 heavy (non-hydrogen) atoms. The van der Waals surface area contributed by atoms with Crippen LogP contribution in [0.25, 0.3) is 0 Å². The maximum Gasteiger partial charge on any atom is 0.164 e. The highest BCUT2D eigenvalue weighted by molar-refractivity contribution is 6.34. The van der Waals surface area contributed by atoms with Gasteiger partial charge in [-0.3, -0.25) is 4.79 Å². The number of halogens is 1. The number of hydrogen-bond donors (Lipinski definition) is 1. The summed E-state index contributed by atoms with van der Waals surface area (Å²) in [7, 11) is 0. The number of fused-ring (bicyclic) bond motifs is 1. The molecule has 0 radical (unpaired) electrons. The molecule has 0 spiro atoms. The fourth-order valence-corrected chi connectivity index (χ4v) is 1.87. The summed E-state index contributed by atoms with van der Waals surface area (Å²) >= 11 is 5.79. The number of carbonyl (C=O) groups excluding carboxylic acids is 1. The van der Waals surface area contributed by atoms with E-state index in [1.807, 2.05) is 0 Å². The lowest BCUT2D eigenvalue weighted by atomic mass is 10.1. The van der Waals surface area contributed by atoms with Crippen LogP contribution in [0.15, 0.2) is 12.1 Å². The van der Waals surface area contributed by atoms with E-state index in [4.69, 9.17) is 16.7 Å². The minimum atomic E-state index is 0.0787. The SMILES string of the molecule is O=C1CCc2cc(O)cc(Cl)c21. The summed E-state index contributed by atoms with van der Waals surface area (Å²) in [6.07, 6.45) is 1.21. The van der Waals surface area contributed by atoms with E-state index in [1.54, 1.807) is 6.07 Å². The molecule has 0 aliphatic heterocycles. The first-order chi connectivity index (χ1) is 5.68. The number of benzene rings is 1. The number of phenols is 1. The van der Waals surface area contributed by atoms with Gasteiger partial charge in [-0.25, -0.2) is 0 Å². The molecule has 1 aliphatic carbocycles. The standard InChI is InChI=1S/C9H7ClO2/c10-7-4-6(11)3-5-1-2-8(12)9(5)7/h3-4,11H,1-2H2. The van der Waals surface area contributed by atoms with Crippen molar-refractivity contribution in [2.75, 3.05) is 0 Å². The second-order valence-corrected chi connectivity index (χ2v) is 3.29. The molecule has 2 rings (SSSR count). The molecule has 1 aliphatic rings. The van der Waals surface area contributed by atoms with Gasteiger partial charge in [0, 0.05) is 12.0 Å². The van der Waals surface area contributed by atoms with Gasteiger partial charge in [0.1, 0.15) is 5.75 Å². The van der Waals surface area contributed by atoms with Crippen molar-refractivity contribution in [3.05, 3.63) is 28.3 Å². The molecule has 3 heteroatoms. The Morgan fingerprint density at radius 1 is 1.33 bits per heavy atom. The van der Waals surface area contributed by atoms with Gasteiger partial charge in [-0.05, 0) is 24.1 Å². The first-order valence-electron chi connectivity index (χ1n) is 3.73. The van der Waals surface area contributed by atoms with Crippen LogP contribution in [-0.4, -0.2) is 10.9 Å². The number of aryl methyl sites for hydroxylation is 1. The largest absolute Gasteiger partial charge is 0.508 e. The number of hydrogen-bond acceptors (Lipinski definition) is 2. The molecule has 2 nitrogen and oxygen atoms in total. The quantitative estimate of drug-likeness (QED) is 0.668. The van der Waals surface area contributed by atoms with Gasteiger partial charge in [-0.15, -0.1) is 0 Å². The molecule has 0 fully saturated rings. The molecule has 0 aromatic heterocycles. The predicted octanol–water partition coefficient (Wildman–Crippen LogP) is 2.17. The van der Waals surface area contributed by atoms with E-state index in [2.05, 4.69) is 0 Å². The lowest BCUT2D eigenvalue weighted by Crippen LogP contribution is -1.91. The molecule has 62 valence electrons. The fourth-order valence-electron chi connectivity index (χ4n) is 1.53. The fraction of sp³-hybridized carbons (Fsp3) is 0.222. The van der Waals surface area contributed by atoms with Gasteiger partial charge >= 0.3 is 0 Å². The van der Waals surface area contributed by atoms with Crippen molar-refractivity contribution in [3.63, 3.8) is 0 Å². The molecular formula is C9H7ClO2. The minimum Gasteiger partial charge on any atom is -0.508 e. The molecule has 0 bridgehead atoms. The number of ketones is 1. The number of carbonyl (C=O) groups is 1. The van der Waals surface area contributed by atoms with Crippen LogP contribution in [0.1, 0.15) is 22.3 Å². The summed E-state index contributed by atoms with van der Waals surface area (Å²) in [4.78, 5) is 11.2. The van der Waals surface area contributed by atoms with Crippen LogP contribution in [0.3, 0.4) is 0 Å². The molecule has 0 amide bonds. The van der Waals surface area contributed by atoms with E-state index in [0.717, 1.165) is 5.56 Å². The van der Waals surface area contributed by atoms with E-state index >= 15 is 0 Å². The van der Waals surface area contributed by atoms with Gasteiger partial charge in [0.05, 0.1) is 5.02 Å². The average molecular weight is 183 g/mol. The maximum absolute atomic E-state index is 11.2. The summed E-state index contributed by atoms with van der Waals surface area (Å²) in [6.45, 7) is 0. The molecule has 0 atom stereocenters. The lowest BCUT2D eigenvalue weighted by molar-refractivity contribution is 0.0995. The zero-order valence-electron chi connectivity index (χ0n) is 6.30. The van der Waals surface area contributed by atoms with E-state index in [9.17, 15) is 4.79 Å². The Morgan fingerprint density at radius 2 is 2.08 bits per heavy atom. The van der Waals surface area contributed by atoms with Crippen LogP contribution in [-0.2, 0) is 6.42 Å². The number of phenolic OH excluding ortho intramolecular Hbond substituents is 1. The van der Waals surface area contributed by atoms with Crippen molar-refractivity contribution >= 4 is 17.4 Å². The van der Waals surface area contributed by atoms with Crippen molar-refractivity contribution in [2.45, 2.75) is 12.8 Å². The number of Topliss-reactive ketones (excluding diaryl/α,β-unsaturated/α-hetero) is 1. The molecular weight excluding hydrogens is 176 g/mol. The molecule has 1 aromatic carbocycles. The van der Waals surface area contributed by atoms with Crippen LogP contribution in [0.4, 0.5) is 0 Å². The Hall–Kier alpha value is -1.02. The van der Waals surface area contributed by atoms with E-state index < -0.39 is 0 Å². The summed E-state index contributed by atoms with van der Waals surface area (Å²) in [5.41, 5.74) is 1.46. The van der Waals surface area contributed by atoms with Gasteiger partial charge in [0.25, 0.3) is 0 Å². The molecule has 0 saturated heterocycles. The third-order valence-corrected chi connectivity index (χ3v) is 2.35. The molecule has 0 saturated carbocycles. The first kappa shape index (κ1) is 7.62. The van der Waals surface area contributed by atoms with E-state index in [0.29, 0.717) is 23.4 Å². The normalized spacial score (nSPS) is 14.9. The monoisotopic (exact) mass is 182 g/mol. The van der Waals surface area contributed by atoms with Crippen molar-refractivity contribution in [1.29, 1.82) is 0 Å².